The summed E-state index contributed by atoms with van der Waals surface area (Å²) in [6.07, 6.45) is 2.10. The minimum Gasteiger partial charge on any atom is -0.478 e. The molecule has 0 radical (unpaired) electrons. The minimum absolute atomic E-state index is 0.0608. The molecule has 0 fully saturated rings. The zero-order valence-corrected chi connectivity index (χ0v) is 11.6. The number of aromatic nitrogens is 2. The van der Waals surface area contributed by atoms with Gasteiger partial charge in [0.15, 0.2) is 0 Å². The van der Waals surface area contributed by atoms with Crippen molar-refractivity contribution in [1.82, 2.24) is 14.7 Å². The summed E-state index contributed by atoms with van der Waals surface area (Å²) in [7, 11) is 1.68. The fourth-order valence-corrected chi connectivity index (χ4v) is 2.63. The van der Waals surface area contributed by atoms with E-state index in [1.54, 1.807) is 11.9 Å². The van der Waals surface area contributed by atoms with Crippen molar-refractivity contribution in [2.24, 2.45) is 7.05 Å². The predicted molar refractivity (Wildman–Crippen MR) is 75.1 cm³/mol. The lowest BCUT2D eigenvalue weighted by atomic mass is 9.99. The summed E-state index contributed by atoms with van der Waals surface area (Å²) >= 11 is 0. The quantitative estimate of drug-likeness (QED) is 0.922. The van der Waals surface area contributed by atoms with Crippen LogP contribution in [0.4, 0.5) is 0 Å². The molecule has 108 valence electrons. The van der Waals surface area contributed by atoms with Crippen LogP contribution in [0.15, 0.2) is 30.5 Å². The molecule has 0 saturated heterocycles. The molecule has 0 unspecified atom stereocenters. The van der Waals surface area contributed by atoms with Crippen LogP contribution in [-0.4, -0.2) is 38.2 Å². The summed E-state index contributed by atoms with van der Waals surface area (Å²) in [6, 6.07) is 7.53. The number of benzene rings is 1. The lowest BCUT2D eigenvalue weighted by Gasteiger charge is -2.28. The van der Waals surface area contributed by atoms with Crippen LogP contribution in [0.2, 0.25) is 0 Å². The van der Waals surface area contributed by atoms with Gasteiger partial charge < -0.3 is 10.0 Å². The van der Waals surface area contributed by atoms with Crippen LogP contribution >= 0.6 is 0 Å². The van der Waals surface area contributed by atoms with Crippen LogP contribution in [0, 0.1) is 0 Å². The first-order valence-electron chi connectivity index (χ1n) is 6.69. The van der Waals surface area contributed by atoms with E-state index in [-0.39, 0.29) is 18.0 Å². The fourth-order valence-electron chi connectivity index (χ4n) is 2.63. The number of hydrogen-bond acceptors (Lipinski definition) is 3. The standard InChI is InChI=1S/C15H15N3O3/c1-17-13(12(8-16-17)15(20)21)9-18-7-6-10-4-2-3-5-11(10)14(18)19/h2-5,8H,6-7,9H2,1H3,(H,20,21). The van der Waals surface area contributed by atoms with Gasteiger partial charge in [-0.2, -0.15) is 5.10 Å². The molecule has 21 heavy (non-hydrogen) atoms. The molecule has 1 aliphatic heterocycles. The third-order valence-electron chi connectivity index (χ3n) is 3.82. The predicted octanol–water partition coefficient (Wildman–Crippen LogP) is 1.32. The summed E-state index contributed by atoms with van der Waals surface area (Å²) in [4.78, 5) is 25.4. The number of aryl methyl sites for hydroxylation is 1. The molecule has 0 atom stereocenters. The van der Waals surface area contributed by atoms with Crippen molar-refractivity contribution in [2.75, 3.05) is 6.54 Å². The Morgan fingerprint density at radius 2 is 2.14 bits per heavy atom. The number of fused-ring (bicyclic) bond motifs is 1. The van der Waals surface area contributed by atoms with Crippen LogP contribution in [0.5, 0.6) is 0 Å². The van der Waals surface area contributed by atoms with E-state index in [1.807, 2.05) is 24.3 Å². The Bertz CT molecular complexity index is 721. The molecule has 1 N–H and O–H groups in total. The van der Waals surface area contributed by atoms with E-state index in [4.69, 9.17) is 0 Å². The van der Waals surface area contributed by atoms with Gasteiger partial charge in [0, 0.05) is 19.2 Å². The first-order chi connectivity index (χ1) is 10.1. The van der Waals surface area contributed by atoms with Gasteiger partial charge in [0.1, 0.15) is 5.56 Å². The van der Waals surface area contributed by atoms with Crippen LogP contribution in [0.25, 0.3) is 0 Å². The van der Waals surface area contributed by atoms with Crippen molar-refractivity contribution < 1.29 is 14.7 Å². The van der Waals surface area contributed by atoms with Crippen molar-refractivity contribution in [3.8, 4) is 0 Å². The van der Waals surface area contributed by atoms with Gasteiger partial charge in [-0.25, -0.2) is 4.79 Å². The molecule has 0 spiro atoms. The fraction of sp³-hybridized carbons (Fsp3) is 0.267. The van der Waals surface area contributed by atoms with Gasteiger partial charge >= 0.3 is 5.97 Å². The first-order valence-corrected chi connectivity index (χ1v) is 6.69. The maximum absolute atomic E-state index is 12.5. The maximum Gasteiger partial charge on any atom is 0.339 e. The van der Waals surface area contributed by atoms with Crippen LogP contribution in [0.1, 0.15) is 32.0 Å². The molecule has 1 amide bonds. The Hall–Kier alpha value is -2.63. The molecule has 0 aliphatic carbocycles. The summed E-state index contributed by atoms with van der Waals surface area (Å²) in [5, 5.41) is 13.1. The van der Waals surface area contributed by atoms with Crippen LogP contribution in [0.3, 0.4) is 0 Å². The van der Waals surface area contributed by atoms with Gasteiger partial charge in [0.05, 0.1) is 18.4 Å². The summed E-state index contributed by atoms with van der Waals surface area (Å²) < 4.78 is 1.51. The molecule has 1 aromatic heterocycles. The van der Waals surface area contributed by atoms with Crippen molar-refractivity contribution in [3.63, 3.8) is 0 Å². The minimum atomic E-state index is -1.03. The average molecular weight is 285 g/mol. The lowest BCUT2D eigenvalue weighted by Crippen LogP contribution is -2.37. The average Bonchev–Trinajstić information content (AvgIpc) is 2.84. The molecule has 1 aliphatic rings. The molecule has 3 rings (SSSR count). The molecular formula is C15H15N3O3. The highest BCUT2D eigenvalue weighted by Crippen LogP contribution is 2.21. The second-order valence-corrected chi connectivity index (χ2v) is 5.07. The Morgan fingerprint density at radius 3 is 2.90 bits per heavy atom. The van der Waals surface area contributed by atoms with Crippen molar-refractivity contribution >= 4 is 11.9 Å². The van der Waals surface area contributed by atoms with Crippen LogP contribution in [-0.2, 0) is 20.0 Å². The van der Waals surface area contributed by atoms with E-state index in [9.17, 15) is 14.7 Å². The Balaban J connectivity index is 1.89. The van der Waals surface area contributed by atoms with E-state index in [1.165, 1.54) is 10.9 Å². The topological polar surface area (TPSA) is 75.4 Å². The molecule has 6 heteroatoms. The third-order valence-corrected chi connectivity index (χ3v) is 3.82. The molecule has 6 nitrogen and oxygen atoms in total. The smallest absolute Gasteiger partial charge is 0.339 e. The summed E-state index contributed by atoms with van der Waals surface area (Å²) in [5.74, 6) is -1.09. The normalized spacial score (nSPS) is 14.1. The number of amides is 1. The van der Waals surface area contributed by atoms with Gasteiger partial charge in [-0.3, -0.25) is 9.48 Å². The molecular weight excluding hydrogens is 270 g/mol. The highest BCUT2D eigenvalue weighted by Gasteiger charge is 2.26. The maximum atomic E-state index is 12.5. The number of carbonyl (C=O) groups excluding carboxylic acids is 1. The molecule has 0 saturated carbocycles. The number of rotatable bonds is 3. The van der Waals surface area contributed by atoms with Crippen molar-refractivity contribution in [3.05, 3.63) is 52.8 Å². The van der Waals surface area contributed by atoms with Gasteiger partial charge in [-0.05, 0) is 18.1 Å². The number of carbonyl (C=O) groups is 2. The SMILES string of the molecule is Cn1ncc(C(=O)O)c1CN1CCc2ccccc2C1=O. The van der Waals surface area contributed by atoms with Gasteiger partial charge in [-0.1, -0.05) is 18.2 Å². The summed E-state index contributed by atoms with van der Waals surface area (Å²) in [5.41, 5.74) is 2.42. The number of carboxylic acid groups (broad SMARTS) is 1. The number of aromatic carboxylic acids is 1. The van der Waals surface area contributed by atoms with E-state index in [0.717, 1.165) is 12.0 Å². The van der Waals surface area contributed by atoms with Crippen molar-refractivity contribution in [1.29, 1.82) is 0 Å². The number of carboxylic acids is 1. The second kappa shape index (κ2) is 5.05. The van der Waals surface area contributed by atoms with Crippen molar-refractivity contribution in [2.45, 2.75) is 13.0 Å². The van der Waals surface area contributed by atoms with E-state index in [2.05, 4.69) is 5.10 Å². The Kier molecular flexibility index (Phi) is 3.21. The highest BCUT2D eigenvalue weighted by atomic mass is 16.4. The van der Waals surface area contributed by atoms with E-state index in [0.29, 0.717) is 17.8 Å². The second-order valence-electron chi connectivity index (χ2n) is 5.07. The summed E-state index contributed by atoms with van der Waals surface area (Å²) in [6.45, 7) is 0.839. The highest BCUT2D eigenvalue weighted by molar-refractivity contribution is 5.97. The Labute approximate surface area is 121 Å². The van der Waals surface area contributed by atoms with Gasteiger partial charge in [-0.15, -0.1) is 0 Å². The third kappa shape index (κ3) is 2.29. The lowest BCUT2D eigenvalue weighted by molar-refractivity contribution is 0.0676. The monoisotopic (exact) mass is 285 g/mol. The van der Waals surface area contributed by atoms with E-state index >= 15 is 0 Å². The Morgan fingerprint density at radius 1 is 1.38 bits per heavy atom. The zero-order valence-electron chi connectivity index (χ0n) is 11.6. The largest absolute Gasteiger partial charge is 0.478 e. The molecule has 1 aromatic carbocycles. The van der Waals surface area contributed by atoms with Crippen LogP contribution < -0.4 is 0 Å². The molecule has 2 heterocycles. The molecule has 0 bridgehead atoms. The van der Waals surface area contributed by atoms with Gasteiger partial charge in [0.2, 0.25) is 0 Å². The number of nitrogens with zero attached hydrogens (tertiary/aromatic N) is 3. The zero-order chi connectivity index (χ0) is 15.0. The van der Waals surface area contributed by atoms with E-state index < -0.39 is 5.97 Å². The number of hydrogen-bond donors (Lipinski definition) is 1. The molecule has 2 aromatic rings. The first kappa shape index (κ1) is 13.4. The van der Waals surface area contributed by atoms with Gasteiger partial charge in [0.25, 0.3) is 5.91 Å².